The van der Waals surface area contributed by atoms with Crippen LogP contribution < -0.4 is 0 Å². The average molecular weight is 134 g/mol. The fourth-order valence-electron chi connectivity index (χ4n) is 2.25. The Bertz CT molecular complexity index is 176. The minimum Gasteiger partial charge on any atom is -0.0998 e. The van der Waals surface area contributed by atoms with E-state index in [-0.39, 0.29) is 0 Å². The number of rotatable bonds is 0. The minimum absolute atomic E-state index is 0.847. The van der Waals surface area contributed by atoms with E-state index in [1.54, 1.807) is 0 Å². The lowest BCUT2D eigenvalue weighted by Crippen LogP contribution is -2.18. The zero-order chi connectivity index (χ0) is 6.97. The number of allylic oxidation sites excluding steroid dienone is 3. The van der Waals surface area contributed by atoms with Crippen molar-refractivity contribution in [1.29, 1.82) is 0 Å². The molecule has 10 heavy (non-hydrogen) atoms. The van der Waals surface area contributed by atoms with E-state index in [9.17, 15) is 0 Å². The Morgan fingerprint density at radius 2 is 2.30 bits per heavy atom. The molecule has 0 aromatic rings. The molecule has 2 rings (SSSR count). The highest BCUT2D eigenvalue weighted by atomic mass is 14.3. The predicted molar refractivity (Wildman–Crippen MR) is 43.7 cm³/mol. The summed E-state index contributed by atoms with van der Waals surface area (Å²) in [6.07, 6.45) is 10.0. The third-order valence-electron chi connectivity index (χ3n) is 2.64. The zero-order valence-corrected chi connectivity index (χ0v) is 6.34. The molecule has 2 aliphatic rings. The monoisotopic (exact) mass is 134 g/mol. The predicted octanol–water partition coefficient (Wildman–Crippen LogP) is 2.92. The van der Waals surface area contributed by atoms with Gasteiger partial charge in [-0.3, -0.25) is 0 Å². The van der Waals surface area contributed by atoms with E-state index in [1.165, 1.54) is 31.3 Å². The minimum atomic E-state index is 0.847. The van der Waals surface area contributed by atoms with Crippen LogP contribution in [-0.4, -0.2) is 0 Å². The molecular weight excluding hydrogens is 120 g/mol. The summed E-state index contributed by atoms with van der Waals surface area (Å²) in [7, 11) is 0. The first-order valence-corrected chi connectivity index (χ1v) is 4.18. The second kappa shape index (κ2) is 2.26. The molecule has 0 aromatic carbocycles. The van der Waals surface area contributed by atoms with Gasteiger partial charge in [0.05, 0.1) is 0 Å². The quantitative estimate of drug-likeness (QED) is 0.447. The van der Waals surface area contributed by atoms with Crippen molar-refractivity contribution >= 4 is 0 Å². The summed E-state index contributed by atoms with van der Waals surface area (Å²) in [5, 5.41) is 0. The molecule has 54 valence electrons. The Morgan fingerprint density at radius 1 is 1.40 bits per heavy atom. The molecule has 1 fully saturated rings. The summed E-state index contributed by atoms with van der Waals surface area (Å²) < 4.78 is 0. The Morgan fingerprint density at radius 3 is 3.10 bits per heavy atom. The molecule has 0 heteroatoms. The van der Waals surface area contributed by atoms with Gasteiger partial charge in [-0.15, -0.1) is 0 Å². The summed E-state index contributed by atoms with van der Waals surface area (Å²) in [5.74, 6) is 1.79. The lowest BCUT2D eigenvalue weighted by Gasteiger charge is -2.31. The van der Waals surface area contributed by atoms with E-state index in [2.05, 4.69) is 18.7 Å². The smallest absolute Gasteiger partial charge is 0.0193 e. The molecule has 2 atom stereocenters. The largest absolute Gasteiger partial charge is 0.0998 e. The molecule has 1 saturated carbocycles. The van der Waals surface area contributed by atoms with Gasteiger partial charge < -0.3 is 0 Å². The van der Waals surface area contributed by atoms with Crippen molar-refractivity contribution in [1.82, 2.24) is 0 Å². The summed E-state index contributed by atoms with van der Waals surface area (Å²) >= 11 is 0. The standard InChI is InChI=1S/C10H14/c1-8-5-9-3-2-4-10(6-8)7-9/h2-3,9-10H,1,4-7H2. The summed E-state index contributed by atoms with van der Waals surface area (Å²) in [6, 6.07) is 0. The van der Waals surface area contributed by atoms with Crippen molar-refractivity contribution < 1.29 is 0 Å². The first-order chi connectivity index (χ1) is 4.84. The van der Waals surface area contributed by atoms with Gasteiger partial charge in [0.2, 0.25) is 0 Å². The van der Waals surface area contributed by atoms with Gasteiger partial charge in [0, 0.05) is 0 Å². The SMILES string of the molecule is C=C1CC2C=CCC(C1)C2. The second-order valence-electron chi connectivity index (χ2n) is 3.68. The molecule has 2 unspecified atom stereocenters. The summed E-state index contributed by atoms with van der Waals surface area (Å²) in [6.45, 7) is 4.06. The highest BCUT2D eigenvalue weighted by Crippen LogP contribution is 2.37. The molecule has 0 heterocycles. The Kier molecular flexibility index (Phi) is 1.40. The van der Waals surface area contributed by atoms with Crippen molar-refractivity contribution in [3.8, 4) is 0 Å². The average Bonchev–Trinajstić information content (AvgIpc) is 1.85. The first-order valence-electron chi connectivity index (χ1n) is 4.18. The lowest BCUT2D eigenvalue weighted by atomic mass is 9.74. The molecule has 2 bridgehead atoms. The summed E-state index contributed by atoms with van der Waals surface area (Å²) in [4.78, 5) is 0. The maximum Gasteiger partial charge on any atom is -0.0193 e. The van der Waals surface area contributed by atoms with Crippen LogP contribution in [0.15, 0.2) is 24.3 Å². The molecule has 0 aliphatic heterocycles. The molecule has 0 amide bonds. The molecule has 0 radical (unpaired) electrons. The highest BCUT2D eigenvalue weighted by Gasteiger charge is 2.23. The van der Waals surface area contributed by atoms with Gasteiger partial charge in [0.25, 0.3) is 0 Å². The molecule has 0 saturated heterocycles. The number of hydrogen-bond donors (Lipinski definition) is 0. The number of hydrogen-bond acceptors (Lipinski definition) is 0. The Hall–Kier alpha value is -0.520. The Balaban J connectivity index is 2.16. The van der Waals surface area contributed by atoms with Crippen molar-refractivity contribution in [3.05, 3.63) is 24.3 Å². The van der Waals surface area contributed by atoms with Crippen molar-refractivity contribution in [2.75, 3.05) is 0 Å². The van der Waals surface area contributed by atoms with E-state index in [4.69, 9.17) is 0 Å². The van der Waals surface area contributed by atoms with Crippen LogP contribution in [0.2, 0.25) is 0 Å². The van der Waals surface area contributed by atoms with Gasteiger partial charge in [-0.1, -0.05) is 24.3 Å². The molecule has 0 nitrogen and oxygen atoms in total. The van der Waals surface area contributed by atoms with Crippen LogP contribution in [0.4, 0.5) is 0 Å². The highest BCUT2D eigenvalue weighted by molar-refractivity contribution is 5.10. The van der Waals surface area contributed by atoms with Crippen LogP contribution in [0.3, 0.4) is 0 Å². The van der Waals surface area contributed by atoms with Crippen molar-refractivity contribution in [3.63, 3.8) is 0 Å². The van der Waals surface area contributed by atoms with E-state index in [0.717, 1.165) is 11.8 Å². The van der Waals surface area contributed by atoms with E-state index >= 15 is 0 Å². The second-order valence-corrected chi connectivity index (χ2v) is 3.68. The van der Waals surface area contributed by atoms with E-state index in [0.29, 0.717) is 0 Å². The van der Waals surface area contributed by atoms with Gasteiger partial charge in [-0.05, 0) is 37.5 Å². The number of fused-ring (bicyclic) bond motifs is 2. The maximum atomic E-state index is 4.06. The van der Waals surface area contributed by atoms with Gasteiger partial charge in [0.1, 0.15) is 0 Å². The maximum absolute atomic E-state index is 4.06. The molecule has 2 aliphatic carbocycles. The molecule has 0 spiro atoms. The first kappa shape index (κ1) is 6.21. The summed E-state index contributed by atoms with van der Waals surface area (Å²) in [5.41, 5.74) is 1.48. The van der Waals surface area contributed by atoms with E-state index in [1.807, 2.05) is 0 Å². The fourth-order valence-corrected chi connectivity index (χ4v) is 2.25. The third kappa shape index (κ3) is 1.03. The topological polar surface area (TPSA) is 0 Å². The zero-order valence-electron chi connectivity index (χ0n) is 6.34. The van der Waals surface area contributed by atoms with Crippen LogP contribution in [0.25, 0.3) is 0 Å². The van der Waals surface area contributed by atoms with Gasteiger partial charge in [0.15, 0.2) is 0 Å². The van der Waals surface area contributed by atoms with Crippen LogP contribution in [0.5, 0.6) is 0 Å². The van der Waals surface area contributed by atoms with Crippen LogP contribution in [-0.2, 0) is 0 Å². The fraction of sp³-hybridized carbons (Fsp3) is 0.600. The van der Waals surface area contributed by atoms with Crippen molar-refractivity contribution in [2.24, 2.45) is 11.8 Å². The van der Waals surface area contributed by atoms with Crippen LogP contribution in [0, 0.1) is 11.8 Å². The normalized spacial score (nSPS) is 38.2. The van der Waals surface area contributed by atoms with E-state index < -0.39 is 0 Å². The molecule has 0 N–H and O–H groups in total. The molecular formula is C10H14. The third-order valence-corrected chi connectivity index (χ3v) is 2.64. The lowest BCUT2D eigenvalue weighted by molar-refractivity contribution is 0.346. The Labute approximate surface area is 62.6 Å². The van der Waals surface area contributed by atoms with Crippen LogP contribution >= 0.6 is 0 Å². The molecule has 0 aromatic heterocycles. The van der Waals surface area contributed by atoms with Gasteiger partial charge in [-0.25, -0.2) is 0 Å². The van der Waals surface area contributed by atoms with Gasteiger partial charge in [-0.2, -0.15) is 0 Å². The van der Waals surface area contributed by atoms with Crippen LogP contribution in [0.1, 0.15) is 25.7 Å². The van der Waals surface area contributed by atoms with Gasteiger partial charge >= 0.3 is 0 Å². The van der Waals surface area contributed by atoms with Crippen molar-refractivity contribution in [2.45, 2.75) is 25.7 Å².